The molecular formula is C17H15BrN2O3. The Hall–Kier alpha value is -2.34. The first-order valence-corrected chi connectivity index (χ1v) is 7.98. The topological polar surface area (TPSA) is 64.2 Å². The van der Waals surface area contributed by atoms with Gasteiger partial charge in [0.1, 0.15) is 0 Å². The van der Waals surface area contributed by atoms with E-state index in [-0.39, 0.29) is 18.9 Å². The number of para-hydroxylation sites is 2. The Kier molecular flexibility index (Phi) is 4.34. The first-order chi connectivity index (χ1) is 11.0. The molecule has 0 spiro atoms. The van der Waals surface area contributed by atoms with Crippen LogP contribution in [0.15, 0.2) is 56.1 Å². The van der Waals surface area contributed by atoms with Gasteiger partial charge in [-0.15, -0.1) is 0 Å². The number of amides is 1. The van der Waals surface area contributed by atoms with Crippen molar-refractivity contribution >= 4 is 38.6 Å². The number of rotatable bonds is 4. The van der Waals surface area contributed by atoms with Crippen LogP contribution in [0, 0.1) is 6.92 Å². The Bertz CT molecular complexity index is 927. The second-order valence-corrected chi connectivity index (χ2v) is 6.12. The summed E-state index contributed by atoms with van der Waals surface area (Å²) in [6, 6.07) is 12.9. The van der Waals surface area contributed by atoms with Gasteiger partial charge in [-0.05, 0) is 52.7 Å². The van der Waals surface area contributed by atoms with Gasteiger partial charge in [0, 0.05) is 17.4 Å². The standard InChI is InChI=1S/C17H15BrN2O3/c1-11-6-7-13(12(18)10-11)19-16(21)8-9-20-14-4-2-3-5-15(14)23-17(20)22/h2-7,10H,8-9H2,1H3,(H,19,21). The van der Waals surface area contributed by atoms with Crippen LogP contribution in [-0.4, -0.2) is 10.5 Å². The maximum Gasteiger partial charge on any atom is 0.419 e. The van der Waals surface area contributed by atoms with Crippen molar-refractivity contribution in [1.29, 1.82) is 0 Å². The molecule has 0 bridgehead atoms. The molecule has 0 aliphatic heterocycles. The lowest BCUT2D eigenvalue weighted by Crippen LogP contribution is -2.20. The molecule has 1 N–H and O–H groups in total. The Balaban J connectivity index is 1.71. The van der Waals surface area contributed by atoms with Crippen LogP contribution in [0.5, 0.6) is 0 Å². The van der Waals surface area contributed by atoms with Gasteiger partial charge in [0.2, 0.25) is 5.91 Å². The third-order valence-electron chi connectivity index (χ3n) is 3.53. The molecule has 1 aromatic heterocycles. The summed E-state index contributed by atoms with van der Waals surface area (Å²) in [5.41, 5.74) is 3.04. The SMILES string of the molecule is Cc1ccc(NC(=O)CCn2c(=O)oc3ccccc32)c(Br)c1. The Labute approximate surface area is 141 Å². The molecule has 1 heterocycles. The lowest BCUT2D eigenvalue weighted by Gasteiger charge is -2.08. The molecule has 0 aliphatic carbocycles. The van der Waals surface area contributed by atoms with Crippen molar-refractivity contribution in [3.05, 3.63) is 63.1 Å². The highest BCUT2D eigenvalue weighted by atomic mass is 79.9. The van der Waals surface area contributed by atoms with Crippen molar-refractivity contribution in [3.63, 3.8) is 0 Å². The van der Waals surface area contributed by atoms with Crippen molar-refractivity contribution in [2.45, 2.75) is 19.9 Å². The minimum atomic E-state index is -0.449. The molecule has 0 radical (unpaired) electrons. The molecule has 5 nitrogen and oxygen atoms in total. The highest BCUT2D eigenvalue weighted by Gasteiger charge is 2.11. The van der Waals surface area contributed by atoms with Gasteiger partial charge in [-0.25, -0.2) is 4.79 Å². The van der Waals surface area contributed by atoms with Crippen molar-refractivity contribution < 1.29 is 9.21 Å². The lowest BCUT2D eigenvalue weighted by molar-refractivity contribution is -0.116. The van der Waals surface area contributed by atoms with E-state index in [4.69, 9.17) is 4.42 Å². The second-order valence-electron chi connectivity index (χ2n) is 5.27. The van der Waals surface area contributed by atoms with Crippen LogP contribution >= 0.6 is 15.9 Å². The number of hydrogen-bond acceptors (Lipinski definition) is 3. The molecular weight excluding hydrogens is 360 g/mol. The Morgan fingerprint density at radius 2 is 2.04 bits per heavy atom. The molecule has 2 aromatic carbocycles. The average Bonchev–Trinajstić information content (AvgIpc) is 2.83. The minimum absolute atomic E-state index is 0.160. The zero-order chi connectivity index (χ0) is 16.4. The van der Waals surface area contributed by atoms with Gasteiger partial charge in [0.15, 0.2) is 5.58 Å². The van der Waals surface area contributed by atoms with E-state index in [0.717, 1.165) is 10.0 Å². The van der Waals surface area contributed by atoms with E-state index in [0.29, 0.717) is 16.8 Å². The Morgan fingerprint density at radius 1 is 1.26 bits per heavy atom. The summed E-state index contributed by atoms with van der Waals surface area (Å²) in [7, 11) is 0. The number of aryl methyl sites for hydroxylation is 2. The first kappa shape index (κ1) is 15.6. The fraction of sp³-hybridized carbons (Fsp3) is 0.176. The fourth-order valence-corrected chi connectivity index (χ4v) is 2.97. The van der Waals surface area contributed by atoms with Crippen LogP contribution in [0.1, 0.15) is 12.0 Å². The minimum Gasteiger partial charge on any atom is -0.408 e. The summed E-state index contributed by atoms with van der Waals surface area (Å²) in [4.78, 5) is 24.0. The van der Waals surface area contributed by atoms with E-state index in [9.17, 15) is 9.59 Å². The Morgan fingerprint density at radius 3 is 2.83 bits per heavy atom. The smallest absolute Gasteiger partial charge is 0.408 e. The molecule has 118 valence electrons. The maximum atomic E-state index is 12.1. The molecule has 0 fully saturated rings. The van der Waals surface area contributed by atoms with Crippen LogP contribution in [0.3, 0.4) is 0 Å². The predicted molar refractivity (Wildman–Crippen MR) is 92.6 cm³/mol. The highest BCUT2D eigenvalue weighted by molar-refractivity contribution is 9.10. The largest absolute Gasteiger partial charge is 0.419 e. The van der Waals surface area contributed by atoms with E-state index in [1.807, 2.05) is 31.2 Å². The van der Waals surface area contributed by atoms with E-state index in [2.05, 4.69) is 21.2 Å². The number of carbonyl (C=O) groups is 1. The summed E-state index contributed by atoms with van der Waals surface area (Å²) >= 11 is 3.42. The highest BCUT2D eigenvalue weighted by Crippen LogP contribution is 2.23. The van der Waals surface area contributed by atoms with Gasteiger partial charge in [0.25, 0.3) is 0 Å². The predicted octanol–water partition coefficient (Wildman–Crippen LogP) is 3.69. The van der Waals surface area contributed by atoms with Crippen LogP contribution in [0.25, 0.3) is 11.1 Å². The number of oxazole rings is 1. The summed E-state index contributed by atoms with van der Waals surface area (Å²) in [6.07, 6.45) is 0.184. The second kappa shape index (κ2) is 6.42. The summed E-state index contributed by atoms with van der Waals surface area (Å²) in [6.45, 7) is 2.25. The quantitative estimate of drug-likeness (QED) is 0.757. The van der Waals surface area contributed by atoms with Crippen molar-refractivity contribution in [1.82, 2.24) is 4.57 Å². The van der Waals surface area contributed by atoms with Crippen molar-refractivity contribution in [2.24, 2.45) is 0 Å². The number of hydrogen-bond donors (Lipinski definition) is 1. The number of carbonyl (C=O) groups excluding carboxylic acids is 1. The van der Waals surface area contributed by atoms with E-state index in [1.54, 1.807) is 18.2 Å². The van der Waals surface area contributed by atoms with Gasteiger partial charge in [0.05, 0.1) is 11.2 Å². The third kappa shape index (κ3) is 3.37. The number of fused-ring (bicyclic) bond motifs is 1. The molecule has 0 aliphatic rings. The molecule has 6 heteroatoms. The number of aromatic nitrogens is 1. The number of anilines is 1. The molecule has 0 unspecified atom stereocenters. The molecule has 0 saturated heterocycles. The molecule has 3 aromatic rings. The average molecular weight is 375 g/mol. The number of nitrogens with one attached hydrogen (secondary N) is 1. The molecule has 1 amide bonds. The molecule has 3 rings (SSSR count). The summed E-state index contributed by atoms with van der Waals surface area (Å²) < 4.78 is 7.45. The van der Waals surface area contributed by atoms with Gasteiger partial charge >= 0.3 is 5.76 Å². The zero-order valence-electron chi connectivity index (χ0n) is 12.5. The summed E-state index contributed by atoms with van der Waals surface area (Å²) in [5, 5.41) is 2.84. The fourth-order valence-electron chi connectivity index (χ4n) is 2.37. The van der Waals surface area contributed by atoms with Crippen LogP contribution in [-0.2, 0) is 11.3 Å². The van der Waals surface area contributed by atoms with Gasteiger partial charge in [-0.2, -0.15) is 0 Å². The number of halogens is 1. The van der Waals surface area contributed by atoms with E-state index in [1.165, 1.54) is 4.57 Å². The van der Waals surface area contributed by atoms with Gasteiger partial charge in [-0.1, -0.05) is 18.2 Å². The van der Waals surface area contributed by atoms with Crippen LogP contribution in [0.4, 0.5) is 5.69 Å². The summed E-state index contributed by atoms with van der Waals surface area (Å²) in [5.74, 6) is -0.609. The van der Waals surface area contributed by atoms with Crippen molar-refractivity contribution in [2.75, 3.05) is 5.32 Å². The number of benzene rings is 2. The van der Waals surface area contributed by atoms with Gasteiger partial charge in [-0.3, -0.25) is 9.36 Å². The van der Waals surface area contributed by atoms with E-state index < -0.39 is 5.76 Å². The van der Waals surface area contributed by atoms with E-state index >= 15 is 0 Å². The monoisotopic (exact) mass is 374 g/mol. The van der Waals surface area contributed by atoms with Crippen molar-refractivity contribution in [3.8, 4) is 0 Å². The van der Waals surface area contributed by atoms with Gasteiger partial charge < -0.3 is 9.73 Å². The third-order valence-corrected chi connectivity index (χ3v) is 4.19. The number of nitrogens with zero attached hydrogens (tertiary/aromatic N) is 1. The van der Waals surface area contributed by atoms with Crippen LogP contribution in [0.2, 0.25) is 0 Å². The maximum absolute atomic E-state index is 12.1. The molecule has 0 saturated carbocycles. The zero-order valence-corrected chi connectivity index (χ0v) is 14.1. The molecule has 0 atom stereocenters. The first-order valence-electron chi connectivity index (χ1n) is 7.19. The van der Waals surface area contributed by atoms with Crippen LogP contribution < -0.4 is 11.1 Å². The molecule has 23 heavy (non-hydrogen) atoms. The normalized spacial score (nSPS) is 10.9. The lowest BCUT2D eigenvalue weighted by atomic mass is 10.2.